The number of ether oxygens (including phenoxy) is 1. The number of amides is 2. The van der Waals surface area contributed by atoms with Crippen LogP contribution in [0.4, 0.5) is 25.0 Å². The van der Waals surface area contributed by atoms with Gasteiger partial charge in [0.2, 0.25) is 5.91 Å². The molecule has 30 heavy (non-hydrogen) atoms. The van der Waals surface area contributed by atoms with E-state index >= 15 is 0 Å². The average Bonchev–Trinajstić information content (AvgIpc) is 3.36. The van der Waals surface area contributed by atoms with E-state index in [4.69, 9.17) is 4.74 Å². The highest BCUT2D eigenvalue weighted by Gasteiger charge is 2.35. The van der Waals surface area contributed by atoms with Gasteiger partial charge in [0, 0.05) is 13.5 Å². The van der Waals surface area contributed by atoms with Crippen LogP contribution in [-0.4, -0.2) is 65.4 Å². The van der Waals surface area contributed by atoms with E-state index in [1.165, 1.54) is 41.1 Å². The van der Waals surface area contributed by atoms with E-state index in [-0.39, 0.29) is 31.2 Å². The third kappa shape index (κ3) is 4.05. The summed E-state index contributed by atoms with van der Waals surface area (Å²) in [5.41, 5.74) is 0.620. The molecule has 0 spiro atoms. The van der Waals surface area contributed by atoms with Crippen molar-refractivity contribution in [2.45, 2.75) is 31.7 Å². The quantitative estimate of drug-likeness (QED) is 0.791. The summed E-state index contributed by atoms with van der Waals surface area (Å²) < 4.78 is 34.7. The first-order valence-electron chi connectivity index (χ1n) is 9.69. The van der Waals surface area contributed by atoms with Crippen LogP contribution in [0.5, 0.6) is 0 Å². The molecule has 2 aromatic rings. The van der Waals surface area contributed by atoms with Crippen LogP contribution in [0.25, 0.3) is 0 Å². The molecule has 2 amide bonds. The van der Waals surface area contributed by atoms with Gasteiger partial charge in [-0.25, -0.2) is 13.6 Å². The number of nitrogens with zero attached hydrogens (tertiary/aromatic N) is 5. The number of alkyl halides is 1. The van der Waals surface area contributed by atoms with Gasteiger partial charge >= 0.3 is 6.09 Å². The van der Waals surface area contributed by atoms with Gasteiger partial charge in [0.15, 0.2) is 0 Å². The molecule has 2 aliphatic heterocycles. The summed E-state index contributed by atoms with van der Waals surface area (Å²) in [7, 11) is 0. The minimum absolute atomic E-state index is 0.0209. The summed E-state index contributed by atoms with van der Waals surface area (Å²) in [6.07, 6.45) is 1.09. The van der Waals surface area contributed by atoms with Crippen molar-refractivity contribution in [2.75, 3.05) is 36.0 Å². The van der Waals surface area contributed by atoms with Gasteiger partial charge in [0.25, 0.3) is 0 Å². The molecule has 3 heterocycles. The number of carbonyl (C=O) groups is 2. The lowest BCUT2D eigenvalue weighted by Gasteiger charge is -2.35. The second-order valence-corrected chi connectivity index (χ2v) is 7.36. The molecule has 2 unspecified atom stereocenters. The molecule has 2 fully saturated rings. The largest absolute Gasteiger partial charge is 0.442 e. The second kappa shape index (κ2) is 8.25. The molecule has 4 rings (SSSR count). The molecule has 2 saturated heterocycles. The van der Waals surface area contributed by atoms with E-state index in [0.29, 0.717) is 18.7 Å². The summed E-state index contributed by atoms with van der Waals surface area (Å²) in [4.78, 5) is 27.5. The number of hydrogen-bond acceptors (Lipinski definition) is 6. The van der Waals surface area contributed by atoms with Gasteiger partial charge in [-0.05, 0) is 24.6 Å². The van der Waals surface area contributed by atoms with E-state index in [0.717, 1.165) is 0 Å². The maximum absolute atomic E-state index is 14.8. The Bertz CT molecular complexity index is 925. The van der Waals surface area contributed by atoms with Gasteiger partial charge in [0.1, 0.15) is 24.1 Å². The van der Waals surface area contributed by atoms with E-state index in [1.54, 1.807) is 11.0 Å². The van der Waals surface area contributed by atoms with Gasteiger partial charge in [-0.1, -0.05) is 0 Å². The van der Waals surface area contributed by atoms with Gasteiger partial charge in [-0.3, -0.25) is 9.69 Å². The Kier molecular flexibility index (Phi) is 5.51. The Balaban J connectivity index is 1.42. The minimum Gasteiger partial charge on any atom is -0.442 e. The van der Waals surface area contributed by atoms with Crippen molar-refractivity contribution in [3.05, 3.63) is 36.4 Å². The number of cyclic esters (lactones) is 1. The lowest BCUT2D eigenvalue weighted by atomic mass is 10.0. The zero-order chi connectivity index (χ0) is 21.3. The molecule has 1 N–H and O–H groups in total. The highest BCUT2D eigenvalue weighted by molar-refractivity contribution is 5.90. The van der Waals surface area contributed by atoms with Crippen molar-refractivity contribution in [1.82, 2.24) is 20.3 Å². The number of halogens is 2. The lowest BCUT2D eigenvalue weighted by molar-refractivity contribution is -0.119. The summed E-state index contributed by atoms with van der Waals surface area (Å²) in [6.45, 7) is 2.24. The number of hydrogen-bond donors (Lipinski definition) is 1. The van der Waals surface area contributed by atoms with Crippen molar-refractivity contribution in [3.8, 4) is 0 Å². The van der Waals surface area contributed by atoms with Gasteiger partial charge in [-0.2, -0.15) is 15.0 Å². The number of aromatic nitrogens is 3. The van der Waals surface area contributed by atoms with Gasteiger partial charge in [0.05, 0.1) is 43.4 Å². The third-order valence-corrected chi connectivity index (χ3v) is 5.28. The van der Waals surface area contributed by atoms with Crippen LogP contribution in [-0.2, 0) is 9.53 Å². The van der Waals surface area contributed by atoms with Crippen molar-refractivity contribution < 1.29 is 23.1 Å². The molecule has 1 aromatic heterocycles. The molecule has 1 aromatic carbocycles. The Labute approximate surface area is 171 Å². The predicted molar refractivity (Wildman–Crippen MR) is 103 cm³/mol. The van der Waals surface area contributed by atoms with Crippen LogP contribution in [0.15, 0.2) is 30.6 Å². The lowest BCUT2D eigenvalue weighted by Crippen LogP contribution is -2.43. The smallest absolute Gasteiger partial charge is 0.414 e. The summed E-state index contributed by atoms with van der Waals surface area (Å²) >= 11 is 0. The minimum atomic E-state index is -1.24. The SMILES string of the molecule is CC(=O)NC[C@H]1CN(c2ccc(N3CCC(n4nccn4)C(F)C3)c(F)c2)C(=O)O1. The Morgan fingerprint density at radius 2 is 2.07 bits per heavy atom. The first kappa shape index (κ1) is 20.0. The first-order chi connectivity index (χ1) is 14.4. The van der Waals surface area contributed by atoms with Crippen LogP contribution in [0.1, 0.15) is 19.4 Å². The molecule has 9 nitrogen and oxygen atoms in total. The first-order valence-corrected chi connectivity index (χ1v) is 9.69. The number of piperidine rings is 1. The maximum atomic E-state index is 14.8. The summed E-state index contributed by atoms with van der Waals surface area (Å²) in [5.74, 6) is -0.772. The Morgan fingerprint density at radius 3 is 2.73 bits per heavy atom. The number of carbonyl (C=O) groups excluding carboxylic acids is 2. The molecule has 0 saturated carbocycles. The van der Waals surface area contributed by atoms with Gasteiger partial charge in [-0.15, -0.1) is 0 Å². The second-order valence-electron chi connectivity index (χ2n) is 7.36. The van der Waals surface area contributed by atoms with E-state index in [1.807, 2.05) is 0 Å². The average molecular weight is 420 g/mol. The number of nitrogens with one attached hydrogen (secondary N) is 1. The number of anilines is 2. The fourth-order valence-electron chi connectivity index (χ4n) is 3.79. The molecule has 0 aliphatic carbocycles. The topological polar surface area (TPSA) is 92.6 Å². The summed E-state index contributed by atoms with van der Waals surface area (Å²) in [6, 6.07) is 3.91. The third-order valence-electron chi connectivity index (χ3n) is 5.28. The van der Waals surface area contributed by atoms with Crippen LogP contribution in [0, 0.1) is 5.82 Å². The summed E-state index contributed by atoms with van der Waals surface area (Å²) in [5, 5.41) is 10.6. The van der Waals surface area contributed by atoms with E-state index in [2.05, 4.69) is 15.5 Å². The predicted octanol–water partition coefficient (Wildman–Crippen LogP) is 1.67. The fraction of sp³-hybridized carbons (Fsp3) is 0.474. The van der Waals surface area contributed by atoms with Crippen LogP contribution < -0.4 is 15.1 Å². The molecule has 0 bridgehead atoms. The Hall–Kier alpha value is -3.24. The molecular weight excluding hydrogens is 398 g/mol. The molecule has 3 atom stereocenters. The highest BCUT2D eigenvalue weighted by Crippen LogP contribution is 2.32. The fourth-order valence-corrected chi connectivity index (χ4v) is 3.79. The zero-order valence-corrected chi connectivity index (χ0v) is 16.4. The van der Waals surface area contributed by atoms with E-state index < -0.39 is 30.2 Å². The molecule has 160 valence electrons. The van der Waals surface area contributed by atoms with E-state index in [9.17, 15) is 18.4 Å². The van der Waals surface area contributed by atoms with Crippen molar-refractivity contribution in [3.63, 3.8) is 0 Å². The van der Waals surface area contributed by atoms with Crippen molar-refractivity contribution in [1.29, 1.82) is 0 Å². The Morgan fingerprint density at radius 1 is 1.30 bits per heavy atom. The van der Waals surface area contributed by atoms with Crippen LogP contribution in [0.2, 0.25) is 0 Å². The molecule has 2 aliphatic rings. The maximum Gasteiger partial charge on any atom is 0.414 e. The van der Waals surface area contributed by atoms with Crippen molar-refractivity contribution >= 4 is 23.4 Å². The zero-order valence-electron chi connectivity index (χ0n) is 16.4. The van der Waals surface area contributed by atoms with Gasteiger partial charge < -0.3 is 15.0 Å². The molecular formula is C19H22F2N6O3. The van der Waals surface area contributed by atoms with Crippen LogP contribution in [0.3, 0.4) is 0 Å². The number of rotatable bonds is 5. The molecule has 0 radical (unpaired) electrons. The monoisotopic (exact) mass is 420 g/mol. The van der Waals surface area contributed by atoms with Crippen molar-refractivity contribution in [2.24, 2.45) is 0 Å². The molecule has 11 heteroatoms. The standard InChI is InChI=1S/C19H22F2N6O3/c1-12(28)22-9-14-10-26(19(29)30-14)13-2-3-17(15(20)8-13)25-7-4-18(16(21)11-25)27-23-5-6-24-27/h2-3,5-6,8,14,16,18H,4,7,9-11H2,1H3,(H,22,28)/t14-,16?,18?/m0/s1. The highest BCUT2D eigenvalue weighted by atomic mass is 19.1. The number of benzene rings is 1. The normalized spacial score (nSPS) is 24.1. The van der Waals surface area contributed by atoms with Crippen LogP contribution >= 0.6 is 0 Å².